The molecule has 0 aliphatic carbocycles. The number of anilines is 1. The zero-order valence-electron chi connectivity index (χ0n) is 10.1. The quantitative estimate of drug-likeness (QED) is 0.716. The highest BCUT2D eigenvalue weighted by Crippen LogP contribution is 2.22. The fraction of sp³-hybridized carbons (Fsp3) is 0.538. The first-order chi connectivity index (χ1) is 7.75. The van der Waals surface area contributed by atoms with Crippen LogP contribution in [-0.4, -0.2) is 23.7 Å². The lowest BCUT2D eigenvalue weighted by molar-refractivity contribution is 0.200. The Bertz CT molecular complexity index is 302. The molecule has 1 atom stereocenters. The maximum absolute atomic E-state index is 9.60. The molecule has 2 N–H and O–H groups in total. The van der Waals surface area contributed by atoms with Crippen LogP contribution in [0.2, 0.25) is 0 Å². The van der Waals surface area contributed by atoms with Crippen LogP contribution < -0.4 is 5.32 Å². The van der Waals surface area contributed by atoms with Gasteiger partial charge in [0, 0.05) is 17.8 Å². The van der Waals surface area contributed by atoms with Crippen LogP contribution in [0, 0.1) is 0 Å². The maximum Gasteiger partial charge on any atom is 0.0781 e. The summed E-state index contributed by atoms with van der Waals surface area (Å²) in [7, 11) is 0. The van der Waals surface area contributed by atoms with E-state index in [2.05, 4.69) is 11.6 Å². The molecule has 0 amide bonds. The Morgan fingerprint density at radius 2 is 2.06 bits per heavy atom. The Labute approximate surface area is 102 Å². The van der Waals surface area contributed by atoms with Gasteiger partial charge in [0.1, 0.15) is 0 Å². The lowest BCUT2D eigenvalue weighted by Gasteiger charge is -2.13. The monoisotopic (exact) mass is 239 g/mol. The highest BCUT2D eigenvalue weighted by Gasteiger charge is 2.05. The highest BCUT2D eigenvalue weighted by molar-refractivity contribution is 7.98. The summed E-state index contributed by atoms with van der Waals surface area (Å²) < 4.78 is 0. The van der Waals surface area contributed by atoms with Crippen molar-refractivity contribution >= 4 is 17.4 Å². The molecule has 0 fully saturated rings. The van der Waals surface area contributed by atoms with Crippen LogP contribution >= 0.6 is 11.8 Å². The van der Waals surface area contributed by atoms with Gasteiger partial charge in [-0.15, -0.1) is 0 Å². The summed E-state index contributed by atoms with van der Waals surface area (Å²) in [6.07, 6.45) is 4.14. The van der Waals surface area contributed by atoms with Gasteiger partial charge >= 0.3 is 0 Å². The Morgan fingerprint density at radius 3 is 2.75 bits per heavy atom. The molecule has 0 heterocycles. The Hall–Kier alpha value is -0.670. The number of nitrogens with one attached hydrogen (secondary N) is 1. The van der Waals surface area contributed by atoms with Crippen LogP contribution in [0.15, 0.2) is 24.3 Å². The van der Waals surface area contributed by atoms with Crippen molar-refractivity contribution in [2.75, 3.05) is 23.9 Å². The predicted octanol–water partition coefficient (Wildman–Crippen LogP) is 3.30. The molecule has 1 rings (SSSR count). The van der Waals surface area contributed by atoms with Crippen molar-refractivity contribution in [2.24, 2.45) is 0 Å². The van der Waals surface area contributed by atoms with Gasteiger partial charge in [-0.25, -0.2) is 0 Å². The van der Waals surface area contributed by atoms with Crippen molar-refractivity contribution in [3.8, 4) is 0 Å². The Kier molecular flexibility index (Phi) is 6.34. The van der Waals surface area contributed by atoms with E-state index >= 15 is 0 Å². The average Bonchev–Trinajstić information content (AvgIpc) is 2.29. The molecule has 3 heteroatoms. The first kappa shape index (κ1) is 13.4. The van der Waals surface area contributed by atoms with Gasteiger partial charge in [0.05, 0.1) is 6.10 Å². The molecular weight excluding hydrogens is 218 g/mol. The zero-order valence-corrected chi connectivity index (χ0v) is 10.9. The highest BCUT2D eigenvalue weighted by atomic mass is 32.2. The molecule has 0 spiro atoms. The van der Waals surface area contributed by atoms with Crippen LogP contribution in [0.3, 0.4) is 0 Å². The fourth-order valence-electron chi connectivity index (χ4n) is 1.62. The van der Waals surface area contributed by atoms with Crippen LogP contribution in [0.1, 0.15) is 31.4 Å². The maximum atomic E-state index is 9.60. The van der Waals surface area contributed by atoms with Gasteiger partial charge in [0.15, 0.2) is 0 Å². The van der Waals surface area contributed by atoms with Gasteiger partial charge in [-0.3, -0.25) is 0 Å². The van der Waals surface area contributed by atoms with Crippen molar-refractivity contribution in [1.29, 1.82) is 0 Å². The molecule has 0 aliphatic heterocycles. The smallest absolute Gasteiger partial charge is 0.0781 e. The van der Waals surface area contributed by atoms with Crippen LogP contribution in [-0.2, 0) is 0 Å². The molecule has 0 radical (unpaired) electrons. The van der Waals surface area contributed by atoms with E-state index in [4.69, 9.17) is 0 Å². The third-order valence-corrected chi connectivity index (χ3v) is 3.20. The van der Waals surface area contributed by atoms with E-state index in [1.54, 1.807) is 6.92 Å². The first-order valence-corrected chi connectivity index (χ1v) is 7.15. The number of rotatable bonds is 7. The number of thioether (sulfide) groups is 1. The van der Waals surface area contributed by atoms with Gasteiger partial charge in [0.2, 0.25) is 0 Å². The van der Waals surface area contributed by atoms with Crippen molar-refractivity contribution in [3.63, 3.8) is 0 Å². The van der Waals surface area contributed by atoms with E-state index < -0.39 is 6.10 Å². The summed E-state index contributed by atoms with van der Waals surface area (Å²) in [5.74, 6) is 1.22. The third kappa shape index (κ3) is 4.45. The molecule has 0 saturated carbocycles. The van der Waals surface area contributed by atoms with Crippen molar-refractivity contribution < 1.29 is 5.11 Å². The van der Waals surface area contributed by atoms with E-state index in [1.807, 2.05) is 36.0 Å². The number of hydrogen-bond donors (Lipinski definition) is 2. The van der Waals surface area contributed by atoms with E-state index in [9.17, 15) is 5.11 Å². The van der Waals surface area contributed by atoms with Crippen molar-refractivity contribution in [2.45, 2.75) is 25.9 Å². The first-order valence-electron chi connectivity index (χ1n) is 5.75. The van der Waals surface area contributed by atoms with Crippen LogP contribution in [0.25, 0.3) is 0 Å². The fourth-order valence-corrected chi connectivity index (χ4v) is 2.11. The molecule has 0 aromatic heterocycles. The minimum absolute atomic E-state index is 0.408. The third-order valence-electron chi connectivity index (χ3n) is 2.50. The lowest BCUT2D eigenvalue weighted by Crippen LogP contribution is -2.05. The Balaban J connectivity index is 2.41. The minimum Gasteiger partial charge on any atom is -0.389 e. The van der Waals surface area contributed by atoms with E-state index in [0.29, 0.717) is 0 Å². The SMILES string of the molecule is CSCCCCNc1ccccc1C(C)O. The van der Waals surface area contributed by atoms with Gasteiger partial charge in [-0.1, -0.05) is 18.2 Å². The molecule has 90 valence electrons. The minimum atomic E-state index is -0.408. The second-order valence-corrected chi connectivity index (χ2v) is 4.88. The number of aliphatic hydroxyl groups excluding tert-OH is 1. The van der Waals surface area contributed by atoms with Gasteiger partial charge < -0.3 is 10.4 Å². The Morgan fingerprint density at radius 1 is 1.31 bits per heavy atom. The summed E-state index contributed by atoms with van der Waals surface area (Å²) in [6.45, 7) is 2.78. The molecule has 0 saturated heterocycles. The van der Waals surface area contributed by atoms with Gasteiger partial charge in [-0.2, -0.15) is 11.8 Å². The standard InChI is InChI=1S/C13H21NOS/c1-11(15)12-7-3-4-8-13(12)14-9-5-6-10-16-2/h3-4,7-8,11,14-15H,5-6,9-10H2,1-2H3. The van der Waals surface area contributed by atoms with E-state index in [0.717, 1.165) is 17.8 Å². The number of unbranched alkanes of at least 4 members (excludes halogenated alkanes) is 1. The number of benzene rings is 1. The zero-order chi connectivity index (χ0) is 11.8. The molecule has 16 heavy (non-hydrogen) atoms. The summed E-state index contributed by atoms with van der Waals surface area (Å²) in [5, 5.41) is 13.0. The second kappa shape index (κ2) is 7.58. The molecule has 0 bridgehead atoms. The average molecular weight is 239 g/mol. The topological polar surface area (TPSA) is 32.3 Å². The van der Waals surface area contributed by atoms with Crippen LogP contribution in [0.5, 0.6) is 0 Å². The largest absolute Gasteiger partial charge is 0.389 e. The summed E-state index contributed by atoms with van der Waals surface area (Å²) >= 11 is 1.89. The van der Waals surface area contributed by atoms with E-state index in [-0.39, 0.29) is 0 Å². The normalized spacial score (nSPS) is 12.4. The number of hydrogen-bond acceptors (Lipinski definition) is 3. The summed E-state index contributed by atoms with van der Waals surface area (Å²) in [4.78, 5) is 0. The molecule has 0 aliphatic rings. The summed E-state index contributed by atoms with van der Waals surface area (Å²) in [6, 6.07) is 7.95. The van der Waals surface area contributed by atoms with Crippen molar-refractivity contribution in [1.82, 2.24) is 0 Å². The predicted molar refractivity (Wildman–Crippen MR) is 73.2 cm³/mol. The number of aliphatic hydroxyl groups is 1. The molecule has 1 unspecified atom stereocenters. The van der Waals surface area contributed by atoms with Gasteiger partial charge in [0.25, 0.3) is 0 Å². The molecule has 2 nitrogen and oxygen atoms in total. The van der Waals surface area contributed by atoms with Crippen molar-refractivity contribution in [3.05, 3.63) is 29.8 Å². The molecular formula is C13H21NOS. The van der Waals surface area contributed by atoms with Crippen LogP contribution in [0.4, 0.5) is 5.69 Å². The second-order valence-electron chi connectivity index (χ2n) is 3.89. The lowest BCUT2D eigenvalue weighted by atomic mass is 10.1. The van der Waals surface area contributed by atoms with E-state index in [1.165, 1.54) is 18.6 Å². The molecule has 1 aromatic carbocycles. The van der Waals surface area contributed by atoms with Gasteiger partial charge in [-0.05, 0) is 37.8 Å². The summed E-state index contributed by atoms with van der Waals surface area (Å²) in [5.41, 5.74) is 2.04. The molecule has 1 aromatic rings. The number of para-hydroxylation sites is 1.